The van der Waals surface area contributed by atoms with Gasteiger partial charge in [0.15, 0.2) is 5.76 Å². The van der Waals surface area contributed by atoms with Gasteiger partial charge in [-0.2, -0.15) is 0 Å². The first kappa shape index (κ1) is 11.7. The van der Waals surface area contributed by atoms with Crippen LogP contribution in [0.1, 0.15) is 15.4 Å². The second-order valence-corrected chi connectivity index (χ2v) is 5.21. The van der Waals surface area contributed by atoms with Crippen LogP contribution in [0.3, 0.4) is 0 Å². The van der Waals surface area contributed by atoms with Crippen LogP contribution in [-0.2, 0) is 0 Å². The van der Waals surface area contributed by atoms with Crippen molar-refractivity contribution in [3.8, 4) is 10.6 Å². The summed E-state index contributed by atoms with van der Waals surface area (Å²) in [6, 6.07) is 8.89. The fourth-order valence-electron chi connectivity index (χ4n) is 1.60. The molecule has 19 heavy (non-hydrogen) atoms. The molecule has 0 aromatic carbocycles. The van der Waals surface area contributed by atoms with Crippen LogP contribution in [0.15, 0.2) is 45.5 Å². The first-order valence-corrected chi connectivity index (χ1v) is 6.42. The molecule has 0 aliphatic heterocycles. The van der Waals surface area contributed by atoms with E-state index in [2.05, 4.69) is 10.5 Å². The highest BCUT2D eigenvalue weighted by molar-refractivity contribution is 7.15. The average molecular weight is 274 g/mol. The van der Waals surface area contributed by atoms with Crippen LogP contribution in [0.4, 0.5) is 5.88 Å². The Morgan fingerprint density at radius 2 is 2.26 bits per heavy atom. The van der Waals surface area contributed by atoms with E-state index < -0.39 is 0 Å². The van der Waals surface area contributed by atoms with Crippen molar-refractivity contribution in [3.63, 3.8) is 0 Å². The number of anilines is 1. The number of carbonyl (C=O) groups is 1. The second-order valence-electron chi connectivity index (χ2n) is 3.92. The van der Waals surface area contributed by atoms with Gasteiger partial charge in [0.05, 0.1) is 11.1 Å². The summed E-state index contributed by atoms with van der Waals surface area (Å²) in [7, 11) is 0. The van der Waals surface area contributed by atoms with E-state index in [-0.39, 0.29) is 11.7 Å². The van der Waals surface area contributed by atoms with Crippen LogP contribution in [0.5, 0.6) is 0 Å². The van der Waals surface area contributed by atoms with Gasteiger partial charge < -0.3 is 8.94 Å². The maximum Gasteiger partial charge on any atom is 0.293 e. The van der Waals surface area contributed by atoms with Gasteiger partial charge >= 0.3 is 0 Å². The monoisotopic (exact) mass is 274 g/mol. The lowest BCUT2D eigenvalue weighted by molar-refractivity contribution is 0.0993. The summed E-state index contributed by atoms with van der Waals surface area (Å²) < 4.78 is 10.1. The molecule has 0 aliphatic rings. The summed E-state index contributed by atoms with van der Waals surface area (Å²) in [6.45, 7) is 2.02. The van der Waals surface area contributed by atoms with Crippen molar-refractivity contribution < 1.29 is 13.7 Å². The molecule has 3 heterocycles. The Balaban J connectivity index is 1.77. The molecule has 3 aromatic heterocycles. The van der Waals surface area contributed by atoms with Crippen molar-refractivity contribution in [2.45, 2.75) is 6.92 Å². The van der Waals surface area contributed by atoms with Crippen molar-refractivity contribution in [1.29, 1.82) is 0 Å². The van der Waals surface area contributed by atoms with E-state index in [0.29, 0.717) is 11.6 Å². The molecule has 96 valence electrons. The van der Waals surface area contributed by atoms with E-state index in [0.717, 1.165) is 4.88 Å². The zero-order chi connectivity index (χ0) is 13.2. The second kappa shape index (κ2) is 4.74. The van der Waals surface area contributed by atoms with Crippen LogP contribution in [0, 0.1) is 6.92 Å². The molecule has 1 N–H and O–H groups in total. The number of carbonyl (C=O) groups excluding carboxylic acids is 1. The number of rotatable bonds is 3. The standard InChI is InChI=1S/C13H10N2O3S/c1-8-4-5-11(19-8)9-7-12(18-15-9)14-13(16)10-3-2-6-17-10/h2-7H,1H3,(H,14,16). The molecule has 5 nitrogen and oxygen atoms in total. The lowest BCUT2D eigenvalue weighted by atomic mass is 10.3. The molecule has 0 saturated carbocycles. The first-order valence-electron chi connectivity index (χ1n) is 5.61. The number of furan rings is 1. The lowest BCUT2D eigenvalue weighted by Crippen LogP contribution is -2.09. The molecule has 0 unspecified atom stereocenters. The molecule has 1 amide bonds. The Morgan fingerprint density at radius 1 is 1.37 bits per heavy atom. The summed E-state index contributed by atoms with van der Waals surface area (Å²) >= 11 is 1.62. The van der Waals surface area contributed by atoms with Crippen molar-refractivity contribution in [2.24, 2.45) is 0 Å². The van der Waals surface area contributed by atoms with Crippen LogP contribution in [-0.4, -0.2) is 11.1 Å². The number of thiophene rings is 1. The molecule has 0 radical (unpaired) electrons. The minimum atomic E-state index is -0.366. The van der Waals surface area contributed by atoms with E-state index in [4.69, 9.17) is 8.94 Å². The van der Waals surface area contributed by atoms with Crippen LogP contribution >= 0.6 is 11.3 Å². The van der Waals surface area contributed by atoms with Gasteiger partial charge in [-0.05, 0) is 31.2 Å². The normalized spacial score (nSPS) is 10.6. The zero-order valence-corrected chi connectivity index (χ0v) is 10.9. The quantitative estimate of drug-likeness (QED) is 0.793. The van der Waals surface area contributed by atoms with Crippen molar-refractivity contribution >= 4 is 23.1 Å². The van der Waals surface area contributed by atoms with Crippen molar-refractivity contribution in [2.75, 3.05) is 5.32 Å². The van der Waals surface area contributed by atoms with E-state index in [1.54, 1.807) is 29.5 Å². The number of aromatic nitrogens is 1. The Kier molecular flexibility index (Phi) is 2.92. The predicted molar refractivity (Wildman–Crippen MR) is 71.2 cm³/mol. The van der Waals surface area contributed by atoms with Crippen LogP contribution in [0.2, 0.25) is 0 Å². The van der Waals surface area contributed by atoms with E-state index in [1.165, 1.54) is 11.1 Å². The molecule has 6 heteroatoms. The summed E-state index contributed by atoms with van der Waals surface area (Å²) in [4.78, 5) is 13.9. The Labute approximate surface area is 112 Å². The van der Waals surface area contributed by atoms with Gasteiger partial charge in [0.2, 0.25) is 5.88 Å². The largest absolute Gasteiger partial charge is 0.459 e. The van der Waals surface area contributed by atoms with Crippen LogP contribution in [0.25, 0.3) is 10.6 Å². The van der Waals surface area contributed by atoms with Gasteiger partial charge in [0.25, 0.3) is 5.91 Å². The van der Waals surface area contributed by atoms with Gasteiger partial charge in [0.1, 0.15) is 5.69 Å². The smallest absolute Gasteiger partial charge is 0.293 e. The summed E-state index contributed by atoms with van der Waals surface area (Å²) in [5.74, 6) is 0.155. The fraction of sp³-hybridized carbons (Fsp3) is 0.0769. The number of aryl methyl sites for hydroxylation is 1. The molecular weight excluding hydrogens is 264 g/mol. The van der Waals surface area contributed by atoms with Gasteiger partial charge in [0, 0.05) is 10.9 Å². The van der Waals surface area contributed by atoms with E-state index in [9.17, 15) is 4.79 Å². The Bertz CT molecular complexity index is 697. The molecule has 0 saturated heterocycles. The third-order valence-electron chi connectivity index (χ3n) is 2.48. The van der Waals surface area contributed by atoms with Gasteiger partial charge in [-0.25, -0.2) is 0 Å². The highest BCUT2D eigenvalue weighted by Crippen LogP contribution is 2.28. The Hall–Kier alpha value is -2.34. The molecular formula is C13H10N2O3S. The number of nitrogens with zero attached hydrogens (tertiary/aromatic N) is 1. The zero-order valence-electron chi connectivity index (χ0n) is 10.0. The highest BCUT2D eigenvalue weighted by Gasteiger charge is 2.13. The van der Waals surface area contributed by atoms with Crippen molar-refractivity contribution in [1.82, 2.24) is 5.16 Å². The molecule has 0 atom stereocenters. The molecule has 0 bridgehead atoms. The van der Waals surface area contributed by atoms with Crippen LogP contribution < -0.4 is 5.32 Å². The fourth-order valence-corrected chi connectivity index (χ4v) is 2.42. The third-order valence-corrected chi connectivity index (χ3v) is 3.51. The molecule has 0 fully saturated rings. The maximum absolute atomic E-state index is 11.7. The molecule has 0 aliphatic carbocycles. The predicted octanol–water partition coefficient (Wildman–Crippen LogP) is 3.56. The lowest BCUT2D eigenvalue weighted by Gasteiger charge is -1.95. The number of hydrogen-bond acceptors (Lipinski definition) is 5. The molecule has 3 aromatic rings. The van der Waals surface area contributed by atoms with Gasteiger partial charge in [-0.3, -0.25) is 10.1 Å². The van der Waals surface area contributed by atoms with E-state index in [1.807, 2.05) is 19.1 Å². The minimum absolute atomic E-state index is 0.227. The number of nitrogens with one attached hydrogen (secondary N) is 1. The maximum atomic E-state index is 11.7. The first-order chi connectivity index (χ1) is 9.22. The molecule has 3 rings (SSSR count). The average Bonchev–Trinajstić information content (AvgIpc) is 3.07. The minimum Gasteiger partial charge on any atom is -0.459 e. The summed E-state index contributed by atoms with van der Waals surface area (Å²) in [6.07, 6.45) is 1.44. The highest BCUT2D eigenvalue weighted by atomic mass is 32.1. The van der Waals surface area contributed by atoms with Gasteiger partial charge in [-0.1, -0.05) is 5.16 Å². The number of hydrogen-bond donors (Lipinski definition) is 1. The molecule has 0 spiro atoms. The SMILES string of the molecule is Cc1ccc(-c2cc(NC(=O)c3ccco3)on2)s1. The van der Waals surface area contributed by atoms with E-state index >= 15 is 0 Å². The summed E-state index contributed by atoms with van der Waals surface area (Å²) in [5.41, 5.74) is 0.702. The summed E-state index contributed by atoms with van der Waals surface area (Å²) in [5, 5.41) is 6.51. The van der Waals surface area contributed by atoms with Gasteiger partial charge in [-0.15, -0.1) is 11.3 Å². The van der Waals surface area contributed by atoms with Crippen molar-refractivity contribution in [3.05, 3.63) is 47.2 Å². The third kappa shape index (κ3) is 2.43. The topological polar surface area (TPSA) is 68.3 Å². The number of amides is 1. The Morgan fingerprint density at radius 3 is 2.95 bits per heavy atom.